The summed E-state index contributed by atoms with van der Waals surface area (Å²) in [4.78, 5) is 26.5. The van der Waals surface area contributed by atoms with E-state index in [4.69, 9.17) is 5.11 Å². The number of rotatable bonds is 5. The van der Waals surface area contributed by atoms with Crippen molar-refractivity contribution in [2.75, 3.05) is 18.5 Å². The fraction of sp³-hybridized carbons (Fsp3) is 0.500. The van der Waals surface area contributed by atoms with Crippen LogP contribution in [0.2, 0.25) is 0 Å². The van der Waals surface area contributed by atoms with Crippen LogP contribution >= 0.6 is 0 Å². The Labute approximate surface area is 126 Å². The number of anilines is 1. The molecule has 1 rings (SSSR count). The van der Waals surface area contributed by atoms with Gasteiger partial charge in [0.2, 0.25) is 0 Å². The molecule has 116 valence electrons. The van der Waals surface area contributed by atoms with Crippen LogP contribution in [-0.2, 0) is 4.79 Å². The van der Waals surface area contributed by atoms with E-state index in [1.165, 1.54) is 0 Å². The molecule has 0 aromatic heterocycles. The summed E-state index contributed by atoms with van der Waals surface area (Å²) in [5.74, 6) is -0.900. The molecule has 5 heteroatoms. The first kappa shape index (κ1) is 17.0. The molecule has 0 heterocycles. The molecule has 1 aromatic carbocycles. The number of urea groups is 1. The van der Waals surface area contributed by atoms with Crippen molar-refractivity contribution in [1.82, 2.24) is 4.90 Å². The van der Waals surface area contributed by atoms with Crippen LogP contribution < -0.4 is 4.90 Å². The molecular formula is C16H24N2O3. The summed E-state index contributed by atoms with van der Waals surface area (Å²) in [6.07, 6.45) is -0.0510. The van der Waals surface area contributed by atoms with Crippen molar-refractivity contribution in [2.24, 2.45) is 0 Å². The lowest BCUT2D eigenvalue weighted by atomic mass is 10.1. The van der Waals surface area contributed by atoms with Gasteiger partial charge in [0.1, 0.15) is 0 Å². The second-order valence-electron chi connectivity index (χ2n) is 5.56. The summed E-state index contributed by atoms with van der Waals surface area (Å²) in [6.45, 7) is 7.95. The summed E-state index contributed by atoms with van der Waals surface area (Å²) in [5.41, 5.74) is 3.00. The molecule has 0 unspecified atom stereocenters. The average Bonchev–Trinajstić information content (AvgIpc) is 2.37. The first-order valence-electron chi connectivity index (χ1n) is 7.07. The summed E-state index contributed by atoms with van der Waals surface area (Å²) in [5, 5.41) is 8.80. The highest BCUT2D eigenvalue weighted by molar-refractivity contribution is 5.92. The number of aliphatic carboxylic acids is 1. The topological polar surface area (TPSA) is 60.9 Å². The number of nitrogens with zero attached hydrogens (tertiary/aromatic N) is 2. The number of carboxylic acids is 1. The zero-order valence-corrected chi connectivity index (χ0v) is 13.4. The van der Waals surface area contributed by atoms with E-state index in [0.29, 0.717) is 0 Å². The number of carboxylic acid groups (broad SMARTS) is 1. The Morgan fingerprint density at radius 3 is 2.33 bits per heavy atom. The van der Waals surface area contributed by atoms with Crippen molar-refractivity contribution in [2.45, 2.75) is 40.2 Å². The highest BCUT2D eigenvalue weighted by Gasteiger charge is 2.23. The summed E-state index contributed by atoms with van der Waals surface area (Å²) >= 11 is 0. The fourth-order valence-electron chi connectivity index (χ4n) is 2.27. The highest BCUT2D eigenvalue weighted by atomic mass is 16.4. The van der Waals surface area contributed by atoms with Gasteiger partial charge in [-0.2, -0.15) is 0 Å². The molecule has 0 saturated heterocycles. The highest BCUT2D eigenvalue weighted by Crippen LogP contribution is 2.21. The van der Waals surface area contributed by atoms with Gasteiger partial charge in [0.25, 0.3) is 0 Å². The third-order valence-corrected chi connectivity index (χ3v) is 3.44. The first-order chi connectivity index (χ1) is 9.73. The van der Waals surface area contributed by atoms with E-state index in [0.717, 1.165) is 16.8 Å². The van der Waals surface area contributed by atoms with Gasteiger partial charge in [0, 0.05) is 25.3 Å². The molecular weight excluding hydrogens is 268 g/mol. The van der Waals surface area contributed by atoms with Crippen molar-refractivity contribution in [3.8, 4) is 0 Å². The molecule has 0 bridgehead atoms. The van der Waals surface area contributed by atoms with Crippen LogP contribution in [0.25, 0.3) is 0 Å². The van der Waals surface area contributed by atoms with Crippen LogP contribution in [0.4, 0.5) is 10.5 Å². The van der Waals surface area contributed by atoms with E-state index in [1.54, 1.807) is 16.8 Å². The van der Waals surface area contributed by atoms with Gasteiger partial charge in [-0.05, 0) is 39.3 Å². The van der Waals surface area contributed by atoms with Crippen molar-refractivity contribution < 1.29 is 14.7 Å². The van der Waals surface area contributed by atoms with Crippen molar-refractivity contribution in [1.29, 1.82) is 0 Å². The van der Waals surface area contributed by atoms with Gasteiger partial charge in [-0.25, -0.2) is 4.79 Å². The van der Waals surface area contributed by atoms with E-state index in [9.17, 15) is 9.59 Å². The smallest absolute Gasteiger partial charge is 0.324 e. The molecule has 21 heavy (non-hydrogen) atoms. The molecule has 0 fully saturated rings. The molecule has 0 saturated carbocycles. The van der Waals surface area contributed by atoms with Crippen LogP contribution in [0.5, 0.6) is 0 Å². The lowest BCUT2D eigenvalue weighted by molar-refractivity contribution is -0.137. The predicted octanol–water partition coefficient (Wildman–Crippen LogP) is 3.04. The molecule has 1 N–H and O–H groups in total. The number of amides is 2. The molecule has 0 spiro atoms. The first-order valence-corrected chi connectivity index (χ1v) is 7.07. The number of hydrogen-bond donors (Lipinski definition) is 1. The van der Waals surface area contributed by atoms with Gasteiger partial charge in [0.05, 0.1) is 6.42 Å². The zero-order chi connectivity index (χ0) is 16.2. The Kier molecular flexibility index (Phi) is 5.76. The minimum absolute atomic E-state index is 0.0509. The van der Waals surface area contributed by atoms with Gasteiger partial charge >= 0.3 is 12.0 Å². The van der Waals surface area contributed by atoms with E-state index >= 15 is 0 Å². The molecule has 1 aromatic rings. The molecule has 0 aliphatic heterocycles. The Balaban J connectivity index is 2.94. The summed E-state index contributed by atoms with van der Waals surface area (Å²) < 4.78 is 0. The monoisotopic (exact) mass is 292 g/mol. The minimum Gasteiger partial charge on any atom is -0.481 e. The number of benzene rings is 1. The van der Waals surface area contributed by atoms with E-state index in [2.05, 4.69) is 0 Å². The molecule has 5 nitrogen and oxygen atoms in total. The average molecular weight is 292 g/mol. The van der Waals surface area contributed by atoms with E-state index in [-0.39, 0.29) is 25.0 Å². The number of carbonyl (C=O) groups is 2. The summed E-state index contributed by atoms with van der Waals surface area (Å²) in [6, 6.07) is 5.67. The quantitative estimate of drug-likeness (QED) is 0.907. The molecule has 0 radical (unpaired) electrons. The van der Waals surface area contributed by atoms with Gasteiger partial charge in [-0.1, -0.05) is 17.7 Å². The molecule has 2 amide bonds. The van der Waals surface area contributed by atoms with E-state index in [1.807, 2.05) is 45.9 Å². The largest absolute Gasteiger partial charge is 0.481 e. The second-order valence-corrected chi connectivity index (χ2v) is 5.56. The van der Waals surface area contributed by atoms with Gasteiger partial charge in [-0.3, -0.25) is 9.69 Å². The Hall–Kier alpha value is -2.04. The maximum atomic E-state index is 12.6. The molecule has 0 atom stereocenters. The number of hydrogen-bond acceptors (Lipinski definition) is 2. The second kappa shape index (κ2) is 7.11. The standard InChI is InChI=1S/C16H24N2O3/c1-11(2)18(9-8-15(19)20)16(21)17(5)14-7-6-12(3)10-13(14)4/h6-7,10-11H,8-9H2,1-5H3,(H,19,20). The Morgan fingerprint density at radius 2 is 1.86 bits per heavy atom. The van der Waals surface area contributed by atoms with Crippen LogP contribution in [0.1, 0.15) is 31.4 Å². The predicted molar refractivity (Wildman–Crippen MR) is 83.8 cm³/mol. The van der Waals surface area contributed by atoms with Crippen molar-refractivity contribution >= 4 is 17.7 Å². The van der Waals surface area contributed by atoms with Crippen LogP contribution in [-0.4, -0.2) is 41.6 Å². The van der Waals surface area contributed by atoms with Crippen LogP contribution in [0.3, 0.4) is 0 Å². The van der Waals surface area contributed by atoms with Crippen LogP contribution in [0.15, 0.2) is 18.2 Å². The van der Waals surface area contributed by atoms with Gasteiger partial charge in [-0.15, -0.1) is 0 Å². The van der Waals surface area contributed by atoms with Crippen LogP contribution in [0, 0.1) is 13.8 Å². The Bertz CT molecular complexity index is 526. The minimum atomic E-state index is -0.900. The van der Waals surface area contributed by atoms with Gasteiger partial charge in [0.15, 0.2) is 0 Å². The lowest BCUT2D eigenvalue weighted by Gasteiger charge is -2.31. The van der Waals surface area contributed by atoms with Gasteiger partial charge < -0.3 is 10.0 Å². The zero-order valence-electron chi connectivity index (χ0n) is 13.4. The lowest BCUT2D eigenvalue weighted by Crippen LogP contribution is -2.46. The fourth-order valence-corrected chi connectivity index (χ4v) is 2.27. The molecule has 0 aliphatic rings. The van der Waals surface area contributed by atoms with Crippen molar-refractivity contribution in [3.05, 3.63) is 29.3 Å². The SMILES string of the molecule is Cc1ccc(N(C)C(=O)N(CCC(=O)O)C(C)C)c(C)c1. The Morgan fingerprint density at radius 1 is 1.24 bits per heavy atom. The van der Waals surface area contributed by atoms with E-state index < -0.39 is 5.97 Å². The number of carbonyl (C=O) groups excluding carboxylic acids is 1. The maximum Gasteiger partial charge on any atom is 0.324 e. The molecule has 0 aliphatic carbocycles. The maximum absolute atomic E-state index is 12.6. The summed E-state index contributed by atoms with van der Waals surface area (Å²) in [7, 11) is 1.72. The third-order valence-electron chi connectivity index (χ3n) is 3.44. The third kappa shape index (κ3) is 4.48. The normalized spacial score (nSPS) is 10.6. The number of aryl methyl sites for hydroxylation is 2. The van der Waals surface area contributed by atoms with Crippen molar-refractivity contribution in [3.63, 3.8) is 0 Å².